The highest BCUT2D eigenvalue weighted by Gasteiger charge is 2.41. The van der Waals surface area contributed by atoms with E-state index in [4.69, 9.17) is 9.47 Å². The summed E-state index contributed by atoms with van der Waals surface area (Å²) in [5.41, 5.74) is 5.32. The van der Waals surface area contributed by atoms with Crippen molar-refractivity contribution >= 4 is 10.9 Å². The number of nitrogens with zero attached hydrogens (tertiary/aromatic N) is 2. The Morgan fingerprint density at radius 1 is 1.14 bits per heavy atom. The van der Waals surface area contributed by atoms with Gasteiger partial charge in [-0.3, -0.25) is 0 Å². The third-order valence-electron chi connectivity index (χ3n) is 6.94. The molecule has 0 aliphatic carbocycles. The second-order valence-corrected chi connectivity index (χ2v) is 9.17. The second-order valence-electron chi connectivity index (χ2n) is 9.17. The number of nitrogens with one attached hydrogen (secondary N) is 1. The molecule has 0 saturated heterocycles. The number of fused-ring (bicyclic) bond motifs is 2. The average molecular weight is 470 g/mol. The largest absolute Gasteiger partial charge is 0.497 e. The van der Waals surface area contributed by atoms with Gasteiger partial charge in [-0.25, -0.2) is 4.39 Å². The van der Waals surface area contributed by atoms with Gasteiger partial charge in [0, 0.05) is 23.6 Å². The molecule has 0 radical (unpaired) electrons. The van der Waals surface area contributed by atoms with Crippen molar-refractivity contribution in [2.24, 2.45) is 0 Å². The molecule has 5 rings (SSSR count). The second kappa shape index (κ2) is 9.53. The van der Waals surface area contributed by atoms with Crippen LogP contribution in [-0.4, -0.2) is 30.6 Å². The van der Waals surface area contributed by atoms with Crippen LogP contribution in [0, 0.1) is 17.1 Å². The summed E-state index contributed by atoms with van der Waals surface area (Å²) in [5.74, 6) is 0.580. The lowest BCUT2D eigenvalue weighted by Crippen LogP contribution is -2.29. The van der Waals surface area contributed by atoms with Gasteiger partial charge < -0.3 is 19.4 Å². The van der Waals surface area contributed by atoms with Crippen LogP contribution < -0.4 is 4.74 Å². The monoisotopic (exact) mass is 469 g/mol. The zero-order chi connectivity index (χ0) is 24.4. The van der Waals surface area contributed by atoms with Gasteiger partial charge in [0.2, 0.25) is 0 Å². The predicted molar refractivity (Wildman–Crippen MR) is 134 cm³/mol. The van der Waals surface area contributed by atoms with Crippen LogP contribution in [0.1, 0.15) is 40.7 Å². The number of methoxy groups -OCH3 is 1. The van der Waals surface area contributed by atoms with Gasteiger partial charge >= 0.3 is 0 Å². The highest BCUT2D eigenvalue weighted by molar-refractivity contribution is 5.84. The number of aromatic amines is 1. The van der Waals surface area contributed by atoms with Gasteiger partial charge in [-0.1, -0.05) is 18.2 Å². The quantitative estimate of drug-likeness (QED) is 0.350. The van der Waals surface area contributed by atoms with Crippen LogP contribution in [-0.2, 0) is 23.5 Å². The summed E-state index contributed by atoms with van der Waals surface area (Å²) in [4.78, 5) is 5.64. The fourth-order valence-electron chi connectivity index (χ4n) is 5.15. The lowest BCUT2D eigenvalue weighted by molar-refractivity contribution is -0.0143. The van der Waals surface area contributed by atoms with Crippen LogP contribution >= 0.6 is 0 Å². The van der Waals surface area contributed by atoms with Gasteiger partial charge in [0.1, 0.15) is 17.2 Å². The molecule has 1 N–H and O–H groups in total. The Morgan fingerprint density at radius 2 is 1.97 bits per heavy atom. The van der Waals surface area contributed by atoms with E-state index in [1.165, 1.54) is 23.1 Å². The Bertz CT molecular complexity index is 1390. The first-order valence-corrected chi connectivity index (χ1v) is 11.8. The van der Waals surface area contributed by atoms with Crippen molar-refractivity contribution in [2.45, 2.75) is 31.6 Å². The molecule has 1 aliphatic heterocycles. The van der Waals surface area contributed by atoms with E-state index in [2.05, 4.69) is 35.3 Å². The van der Waals surface area contributed by atoms with Crippen molar-refractivity contribution in [1.29, 1.82) is 5.26 Å². The molecule has 178 valence electrons. The first-order chi connectivity index (χ1) is 17.0. The molecule has 0 bridgehead atoms. The molecular formula is C29H28FN3O2. The van der Waals surface area contributed by atoms with E-state index in [9.17, 15) is 9.65 Å². The summed E-state index contributed by atoms with van der Waals surface area (Å²) in [6.07, 6.45) is 3.70. The topological polar surface area (TPSA) is 61.3 Å². The molecule has 5 nitrogen and oxygen atoms in total. The van der Waals surface area contributed by atoms with Crippen molar-refractivity contribution in [1.82, 2.24) is 9.88 Å². The third kappa shape index (κ3) is 4.41. The summed E-state index contributed by atoms with van der Waals surface area (Å²) in [6.45, 7) is 2.11. The van der Waals surface area contributed by atoms with Crippen LogP contribution in [0.4, 0.5) is 4.39 Å². The minimum absolute atomic E-state index is 0.267. The van der Waals surface area contributed by atoms with Crippen molar-refractivity contribution in [3.8, 4) is 11.8 Å². The molecule has 2 heterocycles. The number of benzene rings is 3. The highest BCUT2D eigenvalue weighted by atomic mass is 19.1. The molecule has 4 aromatic rings. The summed E-state index contributed by atoms with van der Waals surface area (Å²) in [7, 11) is 3.80. The zero-order valence-corrected chi connectivity index (χ0v) is 20.0. The van der Waals surface area contributed by atoms with Gasteiger partial charge in [-0.15, -0.1) is 0 Å². The maximum absolute atomic E-state index is 13.7. The van der Waals surface area contributed by atoms with E-state index in [0.29, 0.717) is 12.2 Å². The van der Waals surface area contributed by atoms with E-state index in [0.717, 1.165) is 53.9 Å². The van der Waals surface area contributed by atoms with Gasteiger partial charge in [0.05, 0.1) is 25.3 Å². The summed E-state index contributed by atoms with van der Waals surface area (Å²) in [6, 6.07) is 20.6. The molecule has 3 aromatic carbocycles. The lowest BCUT2D eigenvalue weighted by atomic mass is 9.81. The Hall–Kier alpha value is -3.66. The minimum atomic E-state index is -0.647. The Labute approximate surface area is 204 Å². The van der Waals surface area contributed by atoms with Crippen LogP contribution in [0.3, 0.4) is 0 Å². The number of H-pyrrole nitrogens is 1. The molecule has 1 unspecified atom stereocenters. The molecule has 0 fully saturated rings. The smallest absolute Gasteiger partial charge is 0.123 e. The maximum atomic E-state index is 13.7. The molecule has 1 atom stereocenters. The van der Waals surface area contributed by atoms with E-state index >= 15 is 0 Å². The molecule has 0 saturated carbocycles. The van der Waals surface area contributed by atoms with Gasteiger partial charge in [-0.05, 0) is 91.2 Å². The minimum Gasteiger partial charge on any atom is -0.497 e. The maximum Gasteiger partial charge on any atom is 0.123 e. The van der Waals surface area contributed by atoms with Crippen molar-refractivity contribution in [3.63, 3.8) is 0 Å². The summed E-state index contributed by atoms with van der Waals surface area (Å²) >= 11 is 0. The zero-order valence-electron chi connectivity index (χ0n) is 20.0. The Kier molecular flexibility index (Phi) is 6.29. The normalized spacial score (nSPS) is 17.0. The summed E-state index contributed by atoms with van der Waals surface area (Å²) < 4.78 is 25.5. The van der Waals surface area contributed by atoms with Gasteiger partial charge in [-0.2, -0.15) is 5.26 Å². The van der Waals surface area contributed by atoms with Crippen LogP contribution in [0.2, 0.25) is 0 Å². The molecular weight excluding hydrogens is 441 g/mol. The fourth-order valence-corrected chi connectivity index (χ4v) is 5.15. The summed E-state index contributed by atoms with van der Waals surface area (Å²) in [5, 5.41) is 10.5. The molecule has 35 heavy (non-hydrogen) atoms. The van der Waals surface area contributed by atoms with Crippen molar-refractivity contribution in [2.75, 3.05) is 20.7 Å². The van der Waals surface area contributed by atoms with Crippen LogP contribution in [0.15, 0.2) is 66.9 Å². The van der Waals surface area contributed by atoms with E-state index in [-0.39, 0.29) is 5.82 Å². The number of hydrogen-bond donors (Lipinski definition) is 1. The standard InChI is InChI=1S/C29H28FN3O2/c1-33(18-22-17-32-28-11-9-25(34-2)15-26(22)28)13-3-12-29(23-5-7-24(30)8-6-23)27-10-4-20(16-31)14-21(27)19-35-29/h4-11,14-15,17,32H,3,12-13,18-19H2,1-2H3. The predicted octanol–water partition coefficient (Wildman–Crippen LogP) is 5.87. The Morgan fingerprint density at radius 3 is 2.74 bits per heavy atom. The van der Waals surface area contributed by atoms with E-state index < -0.39 is 5.60 Å². The van der Waals surface area contributed by atoms with Crippen molar-refractivity contribution < 1.29 is 13.9 Å². The van der Waals surface area contributed by atoms with Crippen LogP contribution in [0.5, 0.6) is 5.75 Å². The fraction of sp³-hybridized carbons (Fsp3) is 0.276. The number of ether oxygens (including phenoxy) is 2. The molecule has 1 aromatic heterocycles. The number of halogens is 1. The molecule has 0 spiro atoms. The van der Waals surface area contributed by atoms with E-state index in [1.54, 1.807) is 7.11 Å². The van der Waals surface area contributed by atoms with Crippen LogP contribution in [0.25, 0.3) is 10.9 Å². The number of aromatic nitrogens is 1. The SMILES string of the molecule is COc1ccc2[nH]cc(CN(C)CCCC3(c4ccc(F)cc4)OCc4cc(C#N)ccc43)c2c1. The Balaban J connectivity index is 1.34. The third-order valence-corrected chi connectivity index (χ3v) is 6.94. The number of hydrogen-bond acceptors (Lipinski definition) is 4. The van der Waals surface area contributed by atoms with E-state index in [1.807, 2.05) is 42.5 Å². The lowest BCUT2D eigenvalue weighted by Gasteiger charge is -2.31. The molecule has 1 aliphatic rings. The van der Waals surface area contributed by atoms with Gasteiger partial charge in [0.25, 0.3) is 0 Å². The highest BCUT2D eigenvalue weighted by Crippen LogP contribution is 2.45. The number of nitriles is 1. The first kappa shape index (κ1) is 23.1. The average Bonchev–Trinajstić information content (AvgIpc) is 3.45. The first-order valence-electron chi connectivity index (χ1n) is 11.8. The van der Waals surface area contributed by atoms with Crippen molar-refractivity contribution in [3.05, 3.63) is 100 Å². The van der Waals surface area contributed by atoms with Gasteiger partial charge in [0.15, 0.2) is 0 Å². The molecule has 6 heteroatoms. The number of rotatable bonds is 8. The molecule has 0 amide bonds.